The maximum atomic E-state index is 11.6. The summed E-state index contributed by atoms with van der Waals surface area (Å²) in [5.41, 5.74) is 5.42. The van der Waals surface area contributed by atoms with Gasteiger partial charge in [0.05, 0.1) is 6.42 Å². The van der Waals surface area contributed by atoms with Crippen LogP contribution in [0.25, 0.3) is 0 Å². The van der Waals surface area contributed by atoms with Crippen molar-refractivity contribution in [3.05, 3.63) is 27.8 Å². The number of nitrogens with one attached hydrogen (secondary N) is 2. The normalized spacial score (nSPS) is 11.4. The van der Waals surface area contributed by atoms with Crippen LogP contribution in [0.1, 0.15) is 6.42 Å². The first-order valence-electron chi connectivity index (χ1n) is 5.22. The Hall–Kier alpha value is -1.84. The molecule has 0 bridgehead atoms. The van der Waals surface area contributed by atoms with Gasteiger partial charge in [0.1, 0.15) is 6.04 Å². The van der Waals surface area contributed by atoms with Gasteiger partial charge in [-0.1, -0.05) is 0 Å². The number of hydrogen-bond acceptors (Lipinski definition) is 3. The number of hydrogen-bond donors (Lipinski definition) is 4. The minimum atomic E-state index is -1.35. The Kier molecular flexibility index (Phi) is 5.55. The van der Waals surface area contributed by atoms with Crippen molar-refractivity contribution >= 4 is 46.2 Å². The summed E-state index contributed by atoms with van der Waals surface area (Å²) in [4.78, 5) is 33.0. The van der Waals surface area contributed by atoms with Gasteiger partial charge in [0.15, 0.2) is 0 Å². The Balaban J connectivity index is 2.59. The number of carboxylic acids is 1. The third kappa shape index (κ3) is 5.55. The number of carbonyl (C=O) groups is 3. The van der Waals surface area contributed by atoms with E-state index in [1.165, 1.54) is 0 Å². The lowest BCUT2D eigenvalue weighted by atomic mass is 10.2. The van der Waals surface area contributed by atoms with Crippen LogP contribution in [0.5, 0.6) is 0 Å². The van der Waals surface area contributed by atoms with Crippen LogP contribution in [0.2, 0.25) is 0 Å². The highest BCUT2D eigenvalue weighted by Crippen LogP contribution is 2.10. The van der Waals surface area contributed by atoms with E-state index >= 15 is 0 Å². The van der Waals surface area contributed by atoms with E-state index in [0.717, 1.165) is 3.57 Å². The number of anilines is 1. The largest absolute Gasteiger partial charge is 0.480 e. The van der Waals surface area contributed by atoms with Crippen molar-refractivity contribution < 1.29 is 19.5 Å². The van der Waals surface area contributed by atoms with Gasteiger partial charge in [-0.2, -0.15) is 0 Å². The van der Waals surface area contributed by atoms with Gasteiger partial charge in [-0.3, -0.25) is 4.79 Å². The molecule has 1 aromatic carbocycles. The molecule has 1 atom stereocenters. The molecular weight excluding hydrogens is 365 g/mol. The average molecular weight is 377 g/mol. The molecule has 0 spiro atoms. The highest BCUT2D eigenvalue weighted by atomic mass is 127. The summed E-state index contributed by atoms with van der Waals surface area (Å²) in [6.45, 7) is 0. The average Bonchev–Trinajstić information content (AvgIpc) is 2.30. The minimum Gasteiger partial charge on any atom is -0.480 e. The second-order valence-electron chi connectivity index (χ2n) is 3.67. The summed E-state index contributed by atoms with van der Waals surface area (Å²) in [5, 5.41) is 13.4. The molecule has 19 heavy (non-hydrogen) atoms. The zero-order valence-electron chi connectivity index (χ0n) is 9.72. The van der Waals surface area contributed by atoms with E-state index in [2.05, 4.69) is 33.2 Å². The van der Waals surface area contributed by atoms with Gasteiger partial charge in [0.2, 0.25) is 5.91 Å². The Morgan fingerprint density at radius 1 is 1.26 bits per heavy atom. The molecule has 0 heterocycles. The van der Waals surface area contributed by atoms with Crippen molar-refractivity contribution in [3.8, 4) is 0 Å². The van der Waals surface area contributed by atoms with Crippen LogP contribution in [0.4, 0.5) is 10.5 Å². The molecule has 0 aliphatic rings. The molecule has 8 heteroatoms. The van der Waals surface area contributed by atoms with Gasteiger partial charge in [-0.05, 0) is 46.9 Å². The number of halogens is 1. The van der Waals surface area contributed by atoms with Crippen LogP contribution in [-0.2, 0) is 9.59 Å². The van der Waals surface area contributed by atoms with Gasteiger partial charge in [-0.25, -0.2) is 9.59 Å². The zero-order valence-corrected chi connectivity index (χ0v) is 11.9. The smallest absolute Gasteiger partial charge is 0.326 e. The third-order valence-corrected chi connectivity index (χ3v) is 2.83. The van der Waals surface area contributed by atoms with E-state index in [4.69, 9.17) is 10.8 Å². The maximum Gasteiger partial charge on any atom is 0.326 e. The quantitative estimate of drug-likeness (QED) is 0.566. The van der Waals surface area contributed by atoms with Crippen molar-refractivity contribution in [1.82, 2.24) is 5.32 Å². The van der Waals surface area contributed by atoms with E-state index in [-0.39, 0.29) is 0 Å². The van der Waals surface area contributed by atoms with Crippen molar-refractivity contribution in [1.29, 1.82) is 0 Å². The lowest BCUT2D eigenvalue weighted by Gasteiger charge is -2.13. The highest BCUT2D eigenvalue weighted by molar-refractivity contribution is 14.1. The molecule has 0 aliphatic heterocycles. The Morgan fingerprint density at radius 2 is 1.84 bits per heavy atom. The topological polar surface area (TPSA) is 122 Å². The molecule has 1 aromatic rings. The molecule has 7 nitrogen and oxygen atoms in total. The van der Waals surface area contributed by atoms with Crippen LogP contribution in [0, 0.1) is 3.57 Å². The van der Waals surface area contributed by atoms with Crippen molar-refractivity contribution in [2.75, 3.05) is 5.32 Å². The first-order valence-corrected chi connectivity index (χ1v) is 6.30. The minimum absolute atomic E-state index is 0.463. The number of primary amides is 1. The van der Waals surface area contributed by atoms with E-state index in [1.807, 2.05) is 0 Å². The monoisotopic (exact) mass is 377 g/mol. The van der Waals surface area contributed by atoms with E-state index in [9.17, 15) is 14.4 Å². The fourth-order valence-corrected chi connectivity index (χ4v) is 1.62. The molecule has 0 radical (unpaired) electrons. The second-order valence-corrected chi connectivity index (χ2v) is 4.91. The number of carbonyl (C=O) groups excluding carboxylic acids is 2. The van der Waals surface area contributed by atoms with Crippen LogP contribution < -0.4 is 16.4 Å². The first-order chi connectivity index (χ1) is 8.88. The zero-order chi connectivity index (χ0) is 14.4. The summed E-state index contributed by atoms with van der Waals surface area (Å²) in [7, 11) is 0. The van der Waals surface area contributed by atoms with E-state index in [0.29, 0.717) is 5.69 Å². The van der Waals surface area contributed by atoms with Gasteiger partial charge >= 0.3 is 12.0 Å². The Labute approximate surface area is 122 Å². The van der Waals surface area contributed by atoms with Gasteiger partial charge in [0, 0.05) is 9.26 Å². The predicted octanol–water partition coefficient (Wildman–Crippen LogP) is 0.741. The highest BCUT2D eigenvalue weighted by Gasteiger charge is 2.21. The Bertz CT molecular complexity index is 489. The summed E-state index contributed by atoms with van der Waals surface area (Å²) < 4.78 is 1.00. The lowest BCUT2D eigenvalue weighted by Crippen LogP contribution is -2.45. The van der Waals surface area contributed by atoms with Crippen LogP contribution in [0.3, 0.4) is 0 Å². The number of rotatable bonds is 5. The second kappa shape index (κ2) is 6.92. The molecule has 102 valence electrons. The van der Waals surface area contributed by atoms with Crippen molar-refractivity contribution in [3.63, 3.8) is 0 Å². The fourth-order valence-electron chi connectivity index (χ4n) is 1.26. The summed E-state index contributed by atoms with van der Waals surface area (Å²) in [5.74, 6) is -2.13. The standard InChI is InChI=1S/C11H12IN3O4/c12-6-1-3-7(4-2-6)14-11(19)15-8(10(17)18)5-9(13)16/h1-4,8H,5H2,(H2,13,16)(H,17,18)(H2,14,15,19)/t8-/m0/s1. The molecule has 5 N–H and O–H groups in total. The Morgan fingerprint density at radius 3 is 2.32 bits per heavy atom. The fraction of sp³-hybridized carbons (Fsp3) is 0.182. The van der Waals surface area contributed by atoms with E-state index in [1.54, 1.807) is 24.3 Å². The lowest BCUT2D eigenvalue weighted by molar-refractivity contribution is -0.140. The number of benzene rings is 1. The summed E-state index contributed by atoms with van der Waals surface area (Å²) in [6.07, 6.45) is -0.463. The predicted molar refractivity (Wildman–Crippen MR) is 76.5 cm³/mol. The number of carboxylic acid groups (broad SMARTS) is 1. The van der Waals surface area contributed by atoms with Gasteiger partial charge in [0.25, 0.3) is 0 Å². The number of amides is 3. The third-order valence-electron chi connectivity index (χ3n) is 2.11. The van der Waals surface area contributed by atoms with Crippen LogP contribution >= 0.6 is 22.6 Å². The van der Waals surface area contributed by atoms with Gasteiger partial charge < -0.3 is 21.5 Å². The first kappa shape index (κ1) is 15.2. The number of aliphatic carboxylic acids is 1. The van der Waals surface area contributed by atoms with Crippen molar-refractivity contribution in [2.24, 2.45) is 5.73 Å². The number of urea groups is 1. The van der Waals surface area contributed by atoms with Gasteiger partial charge in [-0.15, -0.1) is 0 Å². The molecule has 3 amide bonds. The molecule has 0 aromatic heterocycles. The van der Waals surface area contributed by atoms with Crippen LogP contribution in [-0.4, -0.2) is 29.1 Å². The van der Waals surface area contributed by atoms with Crippen LogP contribution in [0.15, 0.2) is 24.3 Å². The number of nitrogens with two attached hydrogens (primary N) is 1. The SMILES string of the molecule is NC(=O)C[C@H](NC(=O)Nc1ccc(I)cc1)C(=O)O. The molecule has 0 aliphatic carbocycles. The van der Waals surface area contributed by atoms with E-state index < -0.39 is 30.4 Å². The van der Waals surface area contributed by atoms with Crippen molar-refractivity contribution in [2.45, 2.75) is 12.5 Å². The molecule has 0 saturated carbocycles. The molecular formula is C11H12IN3O4. The summed E-state index contributed by atoms with van der Waals surface area (Å²) >= 11 is 2.11. The summed E-state index contributed by atoms with van der Waals surface area (Å²) in [6, 6.07) is 4.86. The molecule has 0 fully saturated rings. The molecule has 0 unspecified atom stereocenters. The molecule has 0 saturated heterocycles. The molecule has 1 rings (SSSR count). The maximum absolute atomic E-state index is 11.6.